The molecule has 7 atom stereocenters. The van der Waals surface area contributed by atoms with Gasteiger partial charge in [0.15, 0.2) is 0 Å². The maximum Gasteiger partial charge on any atom is 0.408 e. The standard InChI is InChI=1S/C29H46N4O8S/c1-17-9-7-8-10-19-15-29(19,25(37)31-42(40,41)28(6)11-12-28)30-23(35)21-14-20(34)16-32(21)24(36)22(18(2)13-17)33(26(38)39)27(3,4)5/h8,10,17-22,34H,7,9,11-16H2,1-6H3,(H,30,35)(H,31,37)(H,38,39)/t17-,18-,19-,20-,21+,22+,29-/m1/s1. The molecule has 4 amide bonds. The largest absolute Gasteiger partial charge is 0.465 e. The van der Waals surface area contributed by atoms with E-state index in [9.17, 15) is 37.8 Å². The third kappa shape index (κ3) is 6.17. The molecule has 3 fully saturated rings. The van der Waals surface area contributed by atoms with Gasteiger partial charge in [0, 0.05) is 24.4 Å². The van der Waals surface area contributed by atoms with E-state index in [-0.39, 0.29) is 25.3 Å². The lowest BCUT2D eigenvalue weighted by Crippen LogP contribution is -2.62. The molecule has 0 aromatic heterocycles. The molecule has 4 rings (SSSR count). The summed E-state index contributed by atoms with van der Waals surface area (Å²) in [6, 6.07) is -2.27. The molecule has 0 aromatic carbocycles. The molecule has 0 unspecified atom stereocenters. The van der Waals surface area contributed by atoms with Crippen LogP contribution in [0.25, 0.3) is 0 Å². The van der Waals surface area contributed by atoms with Crippen molar-refractivity contribution in [3.8, 4) is 0 Å². The number of rotatable bonds is 4. The SMILES string of the molecule is C[C@@H]1CCC=C[C@@H]2C[C@@]2(C(=O)NS(=O)(=O)C2(C)CC2)NC(=O)[C@@H]2C[C@@H](O)CN2C(=O)[C@@H](N(C(=O)O)C(C)(C)C)[C@H](C)C1. The molecule has 236 valence electrons. The Hall–Kier alpha value is -2.67. The number of aliphatic hydroxyl groups excluding tert-OH is 1. The molecule has 1 saturated heterocycles. The molecule has 2 aliphatic heterocycles. The minimum absolute atomic E-state index is 0.0910. The molecular weight excluding hydrogens is 564 g/mol. The van der Waals surface area contributed by atoms with Crippen LogP contribution < -0.4 is 10.0 Å². The van der Waals surface area contributed by atoms with Gasteiger partial charge >= 0.3 is 6.09 Å². The van der Waals surface area contributed by atoms with Crippen molar-refractivity contribution in [3.63, 3.8) is 0 Å². The average Bonchev–Trinajstić information content (AvgIpc) is 3.74. The van der Waals surface area contributed by atoms with Crippen LogP contribution in [-0.2, 0) is 24.4 Å². The second kappa shape index (κ2) is 11.1. The maximum atomic E-state index is 14.2. The molecule has 4 aliphatic rings. The van der Waals surface area contributed by atoms with Crippen molar-refractivity contribution in [2.45, 2.75) is 121 Å². The number of carboxylic acid groups (broad SMARTS) is 1. The fraction of sp³-hybridized carbons (Fsp3) is 0.793. The molecule has 0 bridgehead atoms. The van der Waals surface area contributed by atoms with Gasteiger partial charge in [0.25, 0.3) is 5.91 Å². The molecule has 2 heterocycles. The van der Waals surface area contributed by atoms with Gasteiger partial charge in [-0.1, -0.05) is 26.0 Å². The van der Waals surface area contributed by atoms with Crippen LogP contribution in [0.4, 0.5) is 4.79 Å². The van der Waals surface area contributed by atoms with Gasteiger partial charge in [-0.15, -0.1) is 0 Å². The Morgan fingerprint density at radius 2 is 1.81 bits per heavy atom. The molecule has 0 radical (unpaired) electrons. The molecule has 0 spiro atoms. The summed E-state index contributed by atoms with van der Waals surface area (Å²) in [5.74, 6) is -2.77. The number of amides is 4. The molecule has 13 heteroatoms. The van der Waals surface area contributed by atoms with Gasteiger partial charge in [-0.25, -0.2) is 13.2 Å². The van der Waals surface area contributed by atoms with E-state index >= 15 is 0 Å². The van der Waals surface area contributed by atoms with E-state index in [0.717, 1.165) is 11.3 Å². The van der Waals surface area contributed by atoms with Gasteiger partial charge in [0.2, 0.25) is 21.8 Å². The van der Waals surface area contributed by atoms with Crippen molar-refractivity contribution < 1.29 is 37.8 Å². The number of hydrogen-bond donors (Lipinski definition) is 4. The Kier molecular flexibility index (Phi) is 8.53. The number of nitrogens with zero attached hydrogens (tertiary/aromatic N) is 2. The van der Waals surface area contributed by atoms with Crippen LogP contribution in [0.1, 0.15) is 86.5 Å². The molecule has 42 heavy (non-hydrogen) atoms. The van der Waals surface area contributed by atoms with Crippen LogP contribution in [0.2, 0.25) is 0 Å². The normalized spacial score (nSPS) is 35.2. The van der Waals surface area contributed by atoms with E-state index in [1.54, 1.807) is 27.7 Å². The quantitative estimate of drug-likeness (QED) is 0.350. The summed E-state index contributed by atoms with van der Waals surface area (Å²) in [5, 5.41) is 23.6. The summed E-state index contributed by atoms with van der Waals surface area (Å²) in [7, 11) is -3.96. The summed E-state index contributed by atoms with van der Waals surface area (Å²) in [6.07, 6.45) is 4.43. The molecular formula is C29H46N4O8S. The first-order valence-corrected chi connectivity index (χ1v) is 16.4. The first-order valence-electron chi connectivity index (χ1n) is 14.9. The minimum atomic E-state index is -3.96. The number of nitrogens with one attached hydrogen (secondary N) is 2. The predicted octanol–water partition coefficient (Wildman–Crippen LogP) is 1.98. The Morgan fingerprint density at radius 3 is 2.38 bits per heavy atom. The Bertz CT molecular complexity index is 1260. The summed E-state index contributed by atoms with van der Waals surface area (Å²) < 4.78 is 26.9. The van der Waals surface area contributed by atoms with Crippen LogP contribution in [0.5, 0.6) is 0 Å². The van der Waals surface area contributed by atoms with Crippen LogP contribution in [0.3, 0.4) is 0 Å². The summed E-state index contributed by atoms with van der Waals surface area (Å²) in [4.78, 5) is 56.4. The average molecular weight is 611 g/mol. The lowest BCUT2D eigenvalue weighted by Gasteiger charge is -2.43. The third-order valence-corrected chi connectivity index (χ3v) is 11.6. The summed E-state index contributed by atoms with van der Waals surface area (Å²) in [5.41, 5.74) is -2.44. The lowest BCUT2D eigenvalue weighted by atomic mass is 9.85. The van der Waals surface area contributed by atoms with Crippen molar-refractivity contribution in [3.05, 3.63) is 12.2 Å². The zero-order chi connectivity index (χ0) is 31.4. The number of carbonyl (C=O) groups is 4. The minimum Gasteiger partial charge on any atom is -0.465 e. The van der Waals surface area contributed by atoms with Crippen molar-refractivity contribution in [2.75, 3.05) is 6.54 Å². The number of aliphatic hydroxyl groups is 1. The van der Waals surface area contributed by atoms with Gasteiger partial charge in [-0.05, 0) is 78.1 Å². The van der Waals surface area contributed by atoms with Crippen LogP contribution in [0, 0.1) is 17.8 Å². The van der Waals surface area contributed by atoms with Crippen molar-refractivity contribution in [2.24, 2.45) is 17.8 Å². The Balaban J connectivity index is 1.71. The highest BCUT2D eigenvalue weighted by molar-refractivity contribution is 7.91. The van der Waals surface area contributed by atoms with Gasteiger partial charge in [0.05, 0.1) is 10.9 Å². The highest BCUT2D eigenvalue weighted by Crippen LogP contribution is 2.47. The second-order valence-electron chi connectivity index (χ2n) is 14.1. The van der Waals surface area contributed by atoms with Gasteiger partial charge in [0.1, 0.15) is 17.6 Å². The van der Waals surface area contributed by atoms with Crippen LogP contribution in [-0.4, -0.2) is 92.8 Å². The molecule has 2 aliphatic carbocycles. The van der Waals surface area contributed by atoms with E-state index in [4.69, 9.17) is 0 Å². The highest BCUT2D eigenvalue weighted by atomic mass is 32.2. The highest BCUT2D eigenvalue weighted by Gasteiger charge is 2.63. The van der Waals surface area contributed by atoms with Crippen molar-refractivity contribution in [1.82, 2.24) is 19.8 Å². The number of allylic oxidation sites excluding steroid dienone is 1. The van der Waals surface area contributed by atoms with Crippen LogP contribution in [0.15, 0.2) is 12.2 Å². The lowest BCUT2D eigenvalue weighted by molar-refractivity contribution is -0.146. The van der Waals surface area contributed by atoms with Crippen LogP contribution >= 0.6 is 0 Å². The van der Waals surface area contributed by atoms with E-state index in [2.05, 4.69) is 10.0 Å². The fourth-order valence-electron chi connectivity index (χ4n) is 6.50. The third-order valence-electron chi connectivity index (χ3n) is 9.43. The molecule has 12 nitrogen and oxygen atoms in total. The number of sulfonamides is 1. The first-order chi connectivity index (χ1) is 19.3. The summed E-state index contributed by atoms with van der Waals surface area (Å²) in [6.45, 7) is 10.4. The van der Waals surface area contributed by atoms with E-state index in [1.165, 1.54) is 4.90 Å². The van der Waals surface area contributed by atoms with Crippen molar-refractivity contribution >= 4 is 33.8 Å². The van der Waals surface area contributed by atoms with E-state index in [1.807, 2.05) is 26.0 Å². The Morgan fingerprint density at radius 1 is 1.17 bits per heavy atom. The molecule has 2 saturated carbocycles. The van der Waals surface area contributed by atoms with Gasteiger partial charge < -0.3 is 20.4 Å². The van der Waals surface area contributed by atoms with Gasteiger partial charge in [-0.3, -0.25) is 24.0 Å². The summed E-state index contributed by atoms with van der Waals surface area (Å²) >= 11 is 0. The number of fused-ring (bicyclic) bond motifs is 2. The smallest absolute Gasteiger partial charge is 0.408 e. The maximum absolute atomic E-state index is 14.2. The number of hydrogen-bond acceptors (Lipinski definition) is 7. The zero-order valence-corrected chi connectivity index (χ0v) is 26.2. The van der Waals surface area contributed by atoms with Gasteiger partial charge in [-0.2, -0.15) is 0 Å². The number of carbonyl (C=O) groups excluding carboxylic acids is 3. The van der Waals surface area contributed by atoms with E-state index < -0.39 is 79.7 Å². The van der Waals surface area contributed by atoms with Crippen molar-refractivity contribution in [1.29, 1.82) is 0 Å². The zero-order valence-electron chi connectivity index (χ0n) is 25.4. The second-order valence-corrected chi connectivity index (χ2v) is 16.3. The monoisotopic (exact) mass is 610 g/mol. The first kappa shape index (κ1) is 32.2. The predicted molar refractivity (Wildman–Crippen MR) is 155 cm³/mol. The van der Waals surface area contributed by atoms with E-state index in [0.29, 0.717) is 25.7 Å². The topological polar surface area (TPSA) is 173 Å². The fourth-order valence-corrected chi connectivity index (χ4v) is 7.81. The molecule has 4 N–H and O–H groups in total. The Labute approximate surface area is 248 Å². The molecule has 0 aromatic rings.